The van der Waals surface area contributed by atoms with Crippen LogP contribution in [0.3, 0.4) is 0 Å². The number of hydrogen-bond donors (Lipinski definition) is 1. The average molecular weight is 381 g/mol. The highest BCUT2D eigenvalue weighted by molar-refractivity contribution is 5.93. The second-order valence-corrected chi connectivity index (χ2v) is 6.20. The first kappa shape index (κ1) is 19.2. The fourth-order valence-corrected chi connectivity index (χ4v) is 2.67. The van der Waals surface area contributed by atoms with Crippen LogP contribution in [0.15, 0.2) is 51.7 Å². The van der Waals surface area contributed by atoms with E-state index < -0.39 is 11.6 Å². The molecule has 0 aliphatic carbocycles. The molecule has 0 fully saturated rings. The van der Waals surface area contributed by atoms with E-state index in [0.717, 1.165) is 10.9 Å². The molecule has 144 valence electrons. The van der Waals surface area contributed by atoms with Crippen molar-refractivity contribution in [2.24, 2.45) is 0 Å². The molecule has 2 aromatic carbocycles. The van der Waals surface area contributed by atoms with Crippen LogP contribution in [0, 0.1) is 13.8 Å². The molecule has 1 heterocycles. The van der Waals surface area contributed by atoms with E-state index in [1.165, 1.54) is 7.11 Å². The smallest absolute Gasteiger partial charge is 0.339 e. The summed E-state index contributed by atoms with van der Waals surface area (Å²) < 4.78 is 15.4. The van der Waals surface area contributed by atoms with Crippen LogP contribution in [0.4, 0.5) is 5.69 Å². The number of ether oxygens (including phenoxy) is 2. The van der Waals surface area contributed by atoms with Crippen molar-refractivity contribution in [2.75, 3.05) is 19.0 Å². The number of amides is 1. The molecule has 0 aliphatic heterocycles. The van der Waals surface area contributed by atoms with Crippen molar-refractivity contribution in [3.63, 3.8) is 0 Å². The Balaban J connectivity index is 1.65. The molecule has 3 rings (SSSR count). The van der Waals surface area contributed by atoms with Gasteiger partial charge in [0.15, 0.2) is 6.61 Å². The number of hydrogen-bond acceptors (Lipinski definition) is 6. The number of rotatable bonds is 5. The summed E-state index contributed by atoms with van der Waals surface area (Å²) >= 11 is 0. The lowest BCUT2D eigenvalue weighted by atomic mass is 10.1. The first-order valence-electron chi connectivity index (χ1n) is 8.54. The second kappa shape index (κ2) is 7.96. The van der Waals surface area contributed by atoms with E-state index in [-0.39, 0.29) is 12.5 Å². The van der Waals surface area contributed by atoms with Gasteiger partial charge in [-0.15, -0.1) is 0 Å². The highest BCUT2D eigenvalue weighted by Gasteiger charge is 2.10. The Labute approximate surface area is 160 Å². The van der Waals surface area contributed by atoms with E-state index in [4.69, 9.17) is 9.15 Å². The topological polar surface area (TPSA) is 94.8 Å². The van der Waals surface area contributed by atoms with Gasteiger partial charge in [-0.2, -0.15) is 0 Å². The summed E-state index contributed by atoms with van der Waals surface area (Å²) in [6, 6.07) is 11.4. The number of methoxy groups -OCH3 is 1. The molecule has 7 heteroatoms. The van der Waals surface area contributed by atoms with Gasteiger partial charge < -0.3 is 19.2 Å². The lowest BCUT2D eigenvalue weighted by Gasteiger charge is -2.09. The molecule has 28 heavy (non-hydrogen) atoms. The Bertz CT molecular complexity index is 1100. The van der Waals surface area contributed by atoms with Crippen LogP contribution < -0.4 is 15.7 Å². The number of anilines is 1. The molecule has 1 aromatic heterocycles. The van der Waals surface area contributed by atoms with Gasteiger partial charge in [0.05, 0.1) is 12.7 Å². The summed E-state index contributed by atoms with van der Waals surface area (Å²) in [4.78, 5) is 35.3. The Kier molecular flexibility index (Phi) is 5.44. The molecule has 0 aliphatic rings. The van der Waals surface area contributed by atoms with E-state index >= 15 is 0 Å². The third-order valence-corrected chi connectivity index (χ3v) is 4.39. The summed E-state index contributed by atoms with van der Waals surface area (Å²) in [5, 5.41) is 3.49. The van der Waals surface area contributed by atoms with Gasteiger partial charge in [0.25, 0.3) is 5.91 Å². The number of aryl methyl sites for hydroxylation is 1. The zero-order chi connectivity index (χ0) is 20.3. The summed E-state index contributed by atoms with van der Waals surface area (Å²) in [6.07, 6.45) is 0. The van der Waals surface area contributed by atoms with Gasteiger partial charge >= 0.3 is 11.6 Å². The molecule has 0 unspecified atom stereocenters. The third kappa shape index (κ3) is 4.03. The maximum Gasteiger partial charge on any atom is 0.339 e. The van der Waals surface area contributed by atoms with Crippen LogP contribution in [0.5, 0.6) is 5.75 Å². The van der Waals surface area contributed by atoms with E-state index in [2.05, 4.69) is 10.1 Å². The van der Waals surface area contributed by atoms with Gasteiger partial charge in [-0.25, -0.2) is 9.59 Å². The minimum absolute atomic E-state index is 0.223. The minimum Gasteiger partial charge on any atom is -0.484 e. The molecule has 0 saturated heterocycles. The maximum atomic E-state index is 12.1. The van der Waals surface area contributed by atoms with Gasteiger partial charge in [-0.1, -0.05) is 0 Å². The van der Waals surface area contributed by atoms with Crippen molar-refractivity contribution in [3.8, 4) is 5.75 Å². The van der Waals surface area contributed by atoms with Crippen molar-refractivity contribution in [3.05, 3.63) is 69.6 Å². The van der Waals surface area contributed by atoms with E-state index in [0.29, 0.717) is 28.1 Å². The molecular weight excluding hydrogens is 362 g/mol. The van der Waals surface area contributed by atoms with Crippen molar-refractivity contribution in [1.29, 1.82) is 0 Å². The standard InChI is InChI=1S/C21H19NO6/c1-12-13(2)20(24)28-18-10-16(8-9-17(12)18)27-11-19(23)22-15-6-4-14(5-7-15)21(25)26-3/h4-10H,11H2,1-3H3,(H,22,23). The van der Waals surface area contributed by atoms with Crippen molar-refractivity contribution in [1.82, 2.24) is 0 Å². The van der Waals surface area contributed by atoms with Crippen LogP contribution in [-0.4, -0.2) is 25.6 Å². The number of fused-ring (bicyclic) bond motifs is 1. The highest BCUT2D eigenvalue weighted by Crippen LogP contribution is 2.23. The van der Waals surface area contributed by atoms with Crippen molar-refractivity contribution < 1.29 is 23.5 Å². The summed E-state index contributed by atoms with van der Waals surface area (Å²) in [5.41, 5.74) is 2.35. The minimum atomic E-state index is -0.449. The molecule has 0 atom stereocenters. The van der Waals surface area contributed by atoms with Gasteiger partial charge in [0.1, 0.15) is 11.3 Å². The molecule has 0 spiro atoms. The molecular formula is C21H19NO6. The Morgan fingerprint density at radius 1 is 1.04 bits per heavy atom. The predicted octanol–water partition coefficient (Wildman–Crippen LogP) is 3.21. The Morgan fingerprint density at radius 3 is 2.43 bits per heavy atom. The van der Waals surface area contributed by atoms with Gasteiger partial charge in [0.2, 0.25) is 0 Å². The molecule has 7 nitrogen and oxygen atoms in total. The first-order chi connectivity index (χ1) is 13.4. The monoisotopic (exact) mass is 381 g/mol. The molecule has 0 bridgehead atoms. The fraction of sp³-hybridized carbons (Fsp3) is 0.190. The summed E-state index contributed by atoms with van der Waals surface area (Å²) in [7, 11) is 1.30. The lowest BCUT2D eigenvalue weighted by molar-refractivity contribution is -0.118. The van der Waals surface area contributed by atoms with Gasteiger partial charge in [-0.05, 0) is 55.8 Å². The number of carbonyl (C=O) groups excluding carboxylic acids is 2. The summed E-state index contributed by atoms with van der Waals surface area (Å²) in [6.45, 7) is 3.35. The molecule has 3 aromatic rings. The highest BCUT2D eigenvalue weighted by atomic mass is 16.5. The molecule has 0 saturated carbocycles. The SMILES string of the molecule is COC(=O)c1ccc(NC(=O)COc2ccc3c(C)c(C)c(=O)oc3c2)cc1. The van der Waals surface area contributed by atoms with Crippen LogP contribution in [0.1, 0.15) is 21.5 Å². The van der Waals surface area contributed by atoms with E-state index in [9.17, 15) is 14.4 Å². The fourth-order valence-electron chi connectivity index (χ4n) is 2.67. The number of benzene rings is 2. The van der Waals surface area contributed by atoms with Crippen molar-refractivity contribution >= 4 is 28.5 Å². The molecule has 0 radical (unpaired) electrons. The Hall–Kier alpha value is -3.61. The Morgan fingerprint density at radius 2 is 1.75 bits per heavy atom. The van der Waals surface area contributed by atoms with Crippen LogP contribution in [-0.2, 0) is 9.53 Å². The lowest BCUT2D eigenvalue weighted by Crippen LogP contribution is -2.20. The van der Waals surface area contributed by atoms with E-state index in [1.807, 2.05) is 6.92 Å². The maximum absolute atomic E-state index is 12.1. The normalized spacial score (nSPS) is 10.5. The van der Waals surface area contributed by atoms with Gasteiger partial charge in [0, 0.05) is 22.7 Å². The zero-order valence-electron chi connectivity index (χ0n) is 15.7. The zero-order valence-corrected chi connectivity index (χ0v) is 15.7. The van der Waals surface area contributed by atoms with Crippen molar-refractivity contribution in [2.45, 2.75) is 13.8 Å². The molecule has 1 amide bonds. The van der Waals surface area contributed by atoms with E-state index in [1.54, 1.807) is 49.4 Å². The largest absolute Gasteiger partial charge is 0.484 e. The number of carbonyl (C=O) groups is 2. The second-order valence-electron chi connectivity index (χ2n) is 6.20. The van der Waals surface area contributed by atoms with Crippen LogP contribution in [0.2, 0.25) is 0 Å². The summed E-state index contributed by atoms with van der Waals surface area (Å²) in [5.74, 6) is -0.405. The third-order valence-electron chi connectivity index (χ3n) is 4.39. The van der Waals surface area contributed by atoms with Gasteiger partial charge in [-0.3, -0.25) is 4.79 Å². The van der Waals surface area contributed by atoms with Crippen LogP contribution in [0.25, 0.3) is 11.0 Å². The number of nitrogens with one attached hydrogen (secondary N) is 1. The molecule has 1 N–H and O–H groups in total. The van der Waals surface area contributed by atoms with Crippen LogP contribution >= 0.6 is 0 Å². The number of esters is 1. The quantitative estimate of drug-likeness (QED) is 0.539. The average Bonchev–Trinajstić information content (AvgIpc) is 2.70. The predicted molar refractivity (Wildman–Crippen MR) is 104 cm³/mol. The first-order valence-corrected chi connectivity index (χ1v) is 8.54.